The van der Waals surface area contributed by atoms with Crippen molar-refractivity contribution >= 4 is 17.8 Å². The molecule has 1 aromatic rings. The molecule has 0 aliphatic carbocycles. The minimum Gasteiger partial charge on any atom is -0.478 e. The highest BCUT2D eigenvalue weighted by Gasteiger charge is 2.33. The van der Waals surface area contributed by atoms with E-state index in [0.717, 1.165) is 5.56 Å². The van der Waals surface area contributed by atoms with Crippen LogP contribution in [0.2, 0.25) is 0 Å². The smallest absolute Gasteiger partial charge is 0.335 e. The van der Waals surface area contributed by atoms with Crippen LogP contribution in [0.1, 0.15) is 29.3 Å². The Kier molecular flexibility index (Phi) is 4.57. The van der Waals surface area contributed by atoms with Crippen LogP contribution in [0.3, 0.4) is 0 Å². The number of benzene rings is 1. The van der Waals surface area contributed by atoms with Gasteiger partial charge in [-0.2, -0.15) is 0 Å². The zero-order chi connectivity index (χ0) is 15.4. The number of likely N-dealkylation sites (tertiary alicyclic amines) is 1. The highest BCUT2D eigenvalue weighted by molar-refractivity contribution is 5.89. The summed E-state index contributed by atoms with van der Waals surface area (Å²) in [5, 5.41) is 11.6. The molecule has 2 rings (SSSR count). The first-order chi connectivity index (χ1) is 10.0. The van der Waals surface area contributed by atoms with Crippen molar-refractivity contribution < 1.29 is 19.5 Å². The molecule has 0 saturated carbocycles. The van der Waals surface area contributed by atoms with Crippen LogP contribution in [0.15, 0.2) is 24.3 Å². The van der Waals surface area contributed by atoms with E-state index in [1.165, 1.54) is 12.1 Å². The molecule has 1 saturated heterocycles. The first-order valence-corrected chi connectivity index (χ1v) is 6.89. The van der Waals surface area contributed by atoms with Crippen molar-refractivity contribution in [3.05, 3.63) is 35.4 Å². The van der Waals surface area contributed by atoms with Crippen LogP contribution in [0.4, 0.5) is 0 Å². The van der Waals surface area contributed by atoms with Gasteiger partial charge in [-0.3, -0.25) is 9.59 Å². The summed E-state index contributed by atoms with van der Waals surface area (Å²) in [4.78, 5) is 36.0. The number of carbonyl (C=O) groups is 3. The minimum absolute atomic E-state index is 0.0171. The normalized spacial score (nSPS) is 17.9. The molecule has 1 atom stereocenters. The van der Waals surface area contributed by atoms with E-state index >= 15 is 0 Å². The van der Waals surface area contributed by atoms with Crippen LogP contribution in [0, 0.1) is 5.92 Å². The first kappa shape index (κ1) is 15.0. The number of hydrogen-bond acceptors (Lipinski definition) is 3. The number of aromatic carboxylic acids is 1. The molecule has 0 aromatic heterocycles. The molecule has 1 aliphatic rings. The van der Waals surface area contributed by atoms with Crippen LogP contribution in [0.5, 0.6) is 0 Å². The fourth-order valence-electron chi connectivity index (χ4n) is 2.35. The average Bonchev–Trinajstić information content (AvgIpc) is 2.86. The van der Waals surface area contributed by atoms with Crippen molar-refractivity contribution in [2.75, 3.05) is 13.1 Å². The lowest BCUT2D eigenvalue weighted by molar-refractivity contribution is -0.128. The predicted octanol–water partition coefficient (Wildman–Crippen LogP) is 0.869. The van der Waals surface area contributed by atoms with Crippen LogP contribution >= 0.6 is 0 Å². The van der Waals surface area contributed by atoms with E-state index in [2.05, 4.69) is 5.32 Å². The highest BCUT2D eigenvalue weighted by atomic mass is 16.4. The van der Waals surface area contributed by atoms with Crippen molar-refractivity contribution in [3.8, 4) is 0 Å². The Balaban J connectivity index is 1.87. The van der Waals surface area contributed by atoms with E-state index in [0.29, 0.717) is 19.6 Å². The molecule has 0 spiro atoms. The SMILES string of the molecule is CCN1CC(C(=O)NCc2ccc(C(=O)O)cc2)CC1=O. The minimum atomic E-state index is -0.977. The maximum absolute atomic E-state index is 12.0. The monoisotopic (exact) mass is 290 g/mol. The number of carboxylic acids is 1. The zero-order valence-corrected chi connectivity index (χ0v) is 11.8. The van der Waals surface area contributed by atoms with Gasteiger partial charge in [-0.1, -0.05) is 12.1 Å². The van der Waals surface area contributed by atoms with Crippen molar-refractivity contribution in [1.82, 2.24) is 10.2 Å². The fraction of sp³-hybridized carbons (Fsp3) is 0.400. The Morgan fingerprint density at radius 2 is 2.00 bits per heavy atom. The number of carbonyl (C=O) groups excluding carboxylic acids is 2. The second kappa shape index (κ2) is 6.39. The van der Waals surface area contributed by atoms with Gasteiger partial charge in [0.25, 0.3) is 0 Å². The van der Waals surface area contributed by atoms with Gasteiger partial charge in [0.2, 0.25) is 11.8 Å². The third-order valence-electron chi connectivity index (χ3n) is 3.63. The van der Waals surface area contributed by atoms with E-state index in [1.54, 1.807) is 17.0 Å². The molecule has 2 amide bonds. The van der Waals surface area contributed by atoms with Gasteiger partial charge in [-0.25, -0.2) is 4.79 Å². The molecule has 6 nitrogen and oxygen atoms in total. The van der Waals surface area contributed by atoms with E-state index in [4.69, 9.17) is 5.11 Å². The zero-order valence-electron chi connectivity index (χ0n) is 11.8. The molecule has 0 radical (unpaired) electrons. The molecule has 1 aromatic carbocycles. The van der Waals surface area contributed by atoms with Gasteiger partial charge < -0.3 is 15.3 Å². The summed E-state index contributed by atoms with van der Waals surface area (Å²) in [6.45, 7) is 3.32. The van der Waals surface area contributed by atoms with Crippen LogP contribution in [-0.2, 0) is 16.1 Å². The predicted molar refractivity (Wildman–Crippen MR) is 75.6 cm³/mol. The number of nitrogens with zero attached hydrogens (tertiary/aromatic N) is 1. The maximum Gasteiger partial charge on any atom is 0.335 e. The number of nitrogens with one attached hydrogen (secondary N) is 1. The topological polar surface area (TPSA) is 86.7 Å². The van der Waals surface area contributed by atoms with Gasteiger partial charge in [0.1, 0.15) is 0 Å². The van der Waals surface area contributed by atoms with E-state index in [-0.39, 0.29) is 29.7 Å². The Bertz CT molecular complexity index is 553. The van der Waals surface area contributed by atoms with Crippen molar-refractivity contribution in [1.29, 1.82) is 0 Å². The third kappa shape index (κ3) is 3.59. The van der Waals surface area contributed by atoms with Gasteiger partial charge in [0.15, 0.2) is 0 Å². The molecule has 0 bridgehead atoms. The highest BCUT2D eigenvalue weighted by Crippen LogP contribution is 2.17. The summed E-state index contributed by atoms with van der Waals surface area (Å²) in [5.74, 6) is -1.39. The van der Waals surface area contributed by atoms with Crippen LogP contribution in [-0.4, -0.2) is 40.9 Å². The summed E-state index contributed by atoms with van der Waals surface area (Å²) < 4.78 is 0. The number of carboxylic acid groups (broad SMARTS) is 1. The Morgan fingerprint density at radius 1 is 1.33 bits per heavy atom. The molecule has 1 fully saturated rings. The molecule has 2 N–H and O–H groups in total. The lowest BCUT2D eigenvalue weighted by Crippen LogP contribution is -2.32. The van der Waals surface area contributed by atoms with Gasteiger partial charge in [0, 0.05) is 26.1 Å². The molecule has 1 aliphatic heterocycles. The Morgan fingerprint density at radius 3 is 2.52 bits per heavy atom. The Hall–Kier alpha value is -2.37. The summed E-state index contributed by atoms with van der Waals surface area (Å²) in [5.41, 5.74) is 1.04. The maximum atomic E-state index is 12.0. The fourth-order valence-corrected chi connectivity index (χ4v) is 2.35. The van der Waals surface area contributed by atoms with Gasteiger partial charge in [-0.05, 0) is 24.6 Å². The second-order valence-electron chi connectivity index (χ2n) is 5.05. The molecular formula is C15H18N2O4. The van der Waals surface area contributed by atoms with Gasteiger partial charge in [0.05, 0.1) is 11.5 Å². The molecule has 1 heterocycles. The van der Waals surface area contributed by atoms with Crippen molar-refractivity contribution in [2.45, 2.75) is 19.9 Å². The van der Waals surface area contributed by atoms with Gasteiger partial charge in [-0.15, -0.1) is 0 Å². The van der Waals surface area contributed by atoms with Crippen LogP contribution in [0.25, 0.3) is 0 Å². The number of amides is 2. The lowest BCUT2D eigenvalue weighted by Gasteiger charge is -2.13. The lowest BCUT2D eigenvalue weighted by atomic mass is 10.1. The summed E-state index contributed by atoms with van der Waals surface area (Å²) in [7, 11) is 0. The first-order valence-electron chi connectivity index (χ1n) is 6.89. The number of hydrogen-bond donors (Lipinski definition) is 2. The molecular weight excluding hydrogens is 272 g/mol. The van der Waals surface area contributed by atoms with Crippen molar-refractivity contribution in [3.63, 3.8) is 0 Å². The largest absolute Gasteiger partial charge is 0.478 e. The molecule has 1 unspecified atom stereocenters. The summed E-state index contributed by atoms with van der Waals surface area (Å²) >= 11 is 0. The van der Waals surface area contributed by atoms with E-state index in [1.807, 2.05) is 6.92 Å². The standard InChI is InChI=1S/C15H18N2O4/c1-2-17-9-12(7-13(17)18)14(19)16-8-10-3-5-11(6-4-10)15(20)21/h3-6,12H,2,7-9H2,1H3,(H,16,19)(H,20,21). The van der Waals surface area contributed by atoms with Gasteiger partial charge >= 0.3 is 5.97 Å². The third-order valence-corrected chi connectivity index (χ3v) is 3.63. The molecule has 112 valence electrons. The van der Waals surface area contributed by atoms with Crippen molar-refractivity contribution in [2.24, 2.45) is 5.92 Å². The number of rotatable bonds is 5. The second-order valence-corrected chi connectivity index (χ2v) is 5.05. The van der Waals surface area contributed by atoms with Crippen LogP contribution < -0.4 is 5.32 Å². The average molecular weight is 290 g/mol. The van der Waals surface area contributed by atoms with E-state index in [9.17, 15) is 14.4 Å². The quantitative estimate of drug-likeness (QED) is 0.842. The molecule has 21 heavy (non-hydrogen) atoms. The summed E-state index contributed by atoms with van der Waals surface area (Å²) in [6.07, 6.45) is 0.262. The van der Waals surface area contributed by atoms with E-state index < -0.39 is 5.97 Å². The molecule has 6 heteroatoms. The summed E-state index contributed by atoms with van der Waals surface area (Å²) in [6, 6.07) is 6.34. The Labute approximate surface area is 122 Å².